The van der Waals surface area contributed by atoms with Crippen LogP contribution in [0, 0.1) is 17.8 Å². The highest BCUT2D eigenvalue weighted by molar-refractivity contribution is 7.91. The van der Waals surface area contributed by atoms with Crippen molar-refractivity contribution in [1.82, 2.24) is 25.2 Å². The maximum absolute atomic E-state index is 14.8. The third-order valence-electron chi connectivity index (χ3n) is 11.1. The number of alkyl carbamates (subject to hydrolysis) is 1. The topological polar surface area (TPSA) is 173 Å². The molecule has 1 saturated heterocycles. The average Bonchev–Trinajstić information content (AvgIpc) is 4.05. The van der Waals surface area contributed by atoms with E-state index >= 15 is 0 Å². The van der Waals surface area contributed by atoms with E-state index in [1.165, 1.54) is 4.90 Å². The lowest BCUT2D eigenvalue weighted by Gasteiger charge is -2.33. The summed E-state index contributed by atoms with van der Waals surface area (Å²) in [4.78, 5) is 62.7. The van der Waals surface area contributed by atoms with Crippen LogP contribution in [0.4, 0.5) is 4.79 Å². The van der Waals surface area contributed by atoms with Crippen LogP contribution < -0.4 is 20.1 Å². The average molecular weight is 774 g/mol. The van der Waals surface area contributed by atoms with Crippen molar-refractivity contribution >= 4 is 55.5 Å². The Labute approximate surface area is 322 Å². The van der Waals surface area contributed by atoms with Crippen LogP contribution in [0.1, 0.15) is 79.6 Å². The third kappa shape index (κ3) is 8.29. The third-order valence-corrected chi connectivity index (χ3v) is 13.0. The zero-order chi connectivity index (χ0) is 39.3. The first kappa shape index (κ1) is 38.6. The van der Waals surface area contributed by atoms with E-state index in [4.69, 9.17) is 14.5 Å². The molecule has 2 aliphatic heterocycles. The van der Waals surface area contributed by atoms with E-state index in [9.17, 15) is 27.6 Å². The van der Waals surface area contributed by atoms with Crippen LogP contribution in [0.3, 0.4) is 0 Å². The number of hydrogen-bond acceptors (Lipinski definition) is 9. The molecule has 1 unspecified atom stereocenters. The molecule has 2 aliphatic carbocycles. The second-order valence-electron chi connectivity index (χ2n) is 16.9. The van der Waals surface area contributed by atoms with Crippen LogP contribution >= 0.6 is 0 Å². The van der Waals surface area contributed by atoms with Crippen molar-refractivity contribution in [2.75, 3.05) is 6.54 Å². The predicted octanol–water partition coefficient (Wildman–Crippen LogP) is 5.13. The maximum Gasteiger partial charge on any atom is 0.408 e. The van der Waals surface area contributed by atoms with Crippen molar-refractivity contribution in [1.29, 1.82) is 0 Å². The molecule has 0 bridgehead atoms. The van der Waals surface area contributed by atoms with Crippen LogP contribution in [0.5, 0.6) is 5.88 Å². The molecule has 2 saturated carbocycles. The summed E-state index contributed by atoms with van der Waals surface area (Å²) in [7, 11) is -3.90. The normalized spacial score (nSPS) is 29.6. The Morgan fingerprint density at radius 3 is 2.36 bits per heavy atom. The second-order valence-corrected chi connectivity index (χ2v) is 18.8. The van der Waals surface area contributed by atoms with Gasteiger partial charge in [0.05, 0.1) is 17.3 Å². The number of fused-ring (bicyclic) bond motifs is 5. The van der Waals surface area contributed by atoms with Gasteiger partial charge in [0.2, 0.25) is 27.7 Å². The number of hydrogen-bond donors (Lipinski definition) is 3. The lowest BCUT2D eigenvalue weighted by atomic mass is 9.88. The lowest BCUT2D eigenvalue weighted by molar-refractivity contribution is -0.142. The van der Waals surface area contributed by atoms with Gasteiger partial charge in [-0.3, -0.25) is 19.1 Å². The first-order valence-electron chi connectivity index (χ1n) is 19.3. The summed E-state index contributed by atoms with van der Waals surface area (Å²) in [6.45, 7) is 9.21. The molecule has 3 fully saturated rings. The number of ether oxygens (including phenoxy) is 2. The Morgan fingerprint density at radius 1 is 0.964 bits per heavy atom. The first-order valence-corrected chi connectivity index (χ1v) is 20.9. The zero-order valence-corrected chi connectivity index (χ0v) is 32.9. The Balaban J connectivity index is 1.24. The number of pyridine rings is 1. The van der Waals surface area contributed by atoms with E-state index in [1.54, 1.807) is 20.8 Å². The van der Waals surface area contributed by atoms with E-state index < -0.39 is 74.3 Å². The summed E-state index contributed by atoms with van der Waals surface area (Å²) in [6, 6.07) is 13.3. The van der Waals surface area contributed by atoms with Gasteiger partial charge in [0.25, 0.3) is 5.91 Å². The summed E-state index contributed by atoms with van der Waals surface area (Å²) >= 11 is 0. The number of amides is 4. The minimum Gasteiger partial charge on any atom is -0.472 e. The first-order chi connectivity index (χ1) is 26.0. The number of carbonyl (C=O) groups excluding carboxylic acids is 4. The molecule has 55 heavy (non-hydrogen) atoms. The van der Waals surface area contributed by atoms with Crippen molar-refractivity contribution in [3.8, 4) is 5.88 Å². The van der Waals surface area contributed by atoms with Gasteiger partial charge in [-0.1, -0.05) is 62.4 Å². The SMILES string of the molecule is C[C@@H]1CC/C=C\[C@@H]2C[C@@]2(C(=O)NS(=O)(=O)C2CC2)NC(=O)C2C[C@@H](Oc3nc4ccccc4c4ccccc34)CN2C(=O)[C@@H](NC(=O)OC(C)(C)C)[C@H](C)C1. The van der Waals surface area contributed by atoms with Gasteiger partial charge >= 0.3 is 6.09 Å². The quantitative estimate of drug-likeness (QED) is 0.227. The smallest absolute Gasteiger partial charge is 0.408 e. The molecule has 13 nitrogen and oxygen atoms in total. The van der Waals surface area contributed by atoms with Crippen molar-refractivity contribution in [2.24, 2.45) is 17.8 Å². The number of para-hydroxylation sites is 1. The fourth-order valence-electron chi connectivity index (χ4n) is 8.05. The number of carbonyl (C=O) groups is 4. The number of rotatable bonds is 6. The molecule has 0 radical (unpaired) electrons. The lowest BCUT2D eigenvalue weighted by Crippen LogP contribution is -2.59. The van der Waals surface area contributed by atoms with Crippen LogP contribution in [-0.2, 0) is 29.1 Å². The molecule has 294 valence electrons. The number of allylic oxidation sites excluding steroid dienone is 1. The van der Waals surface area contributed by atoms with Crippen molar-refractivity contribution < 1.29 is 37.1 Å². The molecule has 0 spiro atoms. The minimum atomic E-state index is -3.90. The number of benzene rings is 2. The van der Waals surface area contributed by atoms with E-state index in [1.807, 2.05) is 67.6 Å². The number of sulfonamides is 1. The molecule has 3 aromatic rings. The van der Waals surface area contributed by atoms with Crippen molar-refractivity contribution in [3.63, 3.8) is 0 Å². The minimum absolute atomic E-state index is 0.00683. The molecule has 4 aliphatic rings. The Hall–Kier alpha value is -4.72. The predicted molar refractivity (Wildman–Crippen MR) is 207 cm³/mol. The van der Waals surface area contributed by atoms with Crippen molar-refractivity contribution in [3.05, 3.63) is 60.7 Å². The van der Waals surface area contributed by atoms with Gasteiger partial charge < -0.3 is 25.0 Å². The molecule has 14 heteroatoms. The molecule has 2 aromatic carbocycles. The molecule has 3 N–H and O–H groups in total. The molecule has 7 rings (SSSR count). The number of aromatic nitrogens is 1. The van der Waals surface area contributed by atoms with Gasteiger partial charge in [-0.15, -0.1) is 0 Å². The maximum atomic E-state index is 14.8. The largest absolute Gasteiger partial charge is 0.472 e. The van der Waals surface area contributed by atoms with Crippen molar-refractivity contribution in [2.45, 2.75) is 114 Å². The number of nitrogens with zero attached hydrogens (tertiary/aromatic N) is 2. The van der Waals surface area contributed by atoms with Gasteiger partial charge in [-0.05, 0) is 88.7 Å². The van der Waals surface area contributed by atoms with Gasteiger partial charge in [0, 0.05) is 23.1 Å². The van der Waals surface area contributed by atoms with E-state index in [0.717, 1.165) is 28.1 Å². The van der Waals surface area contributed by atoms with Crippen LogP contribution in [0.15, 0.2) is 60.7 Å². The summed E-state index contributed by atoms with van der Waals surface area (Å²) in [5.41, 5.74) is -1.60. The van der Waals surface area contributed by atoms with E-state index in [0.29, 0.717) is 31.6 Å². The summed E-state index contributed by atoms with van der Waals surface area (Å²) < 4.78 is 40.2. The summed E-state index contributed by atoms with van der Waals surface area (Å²) in [6.07, 6.45) is 5.69. The van der Waals surface area contributed by atoms with Gasteiger partial charge in [0.15, 0.2) is 0 Å². The highest BCUT2D eigenvalue weighted by Gasteiger charge is 2.62. The van der Waals surface area contributed by atoms with E-state index in [2.05, 4.69) is 22.3 Å². The van der Waals surface area contributed by atoms with Gasteiger partial charge in [-0.2, -0.15) is 0 Å². The zero-order valence-electron chi connectivity index (χ0n) is 32.0. The number of nitrogens with one attached hydrogen (secondary N) is 3. The monoisotopic (exact) mass is 773 g/mol. The second kappa shape index (κ2) is 14.7. The Bertz CT molecular complexity index is 2150. The molecule has 4 amide bonds. The van der Waals surface area contributed by atoms with E-state index in [-0.39, 0.29) is 31.2 Å². The van der Waals surface area contributed by atoms with Gasteiger partial charge in [-0.25, -0.2) is 18.2 Å². The molecule has 7 atom stereocenters. The summed E-state index contributed by atoms with van der Waals surface area (Å²) in [5, 5.41) is 7.78. The molecule has 1 aromatic heterocycles. The fourth-order valence-corrected chi connectivity index (χ4v) is 9.42. The van der Waals surface area contributed by atoms with Crippen LogP contribution in [0.25, 0.3) is 21.7 Å². The Morgan fingerprint density at radius 2 is 1.65 bits per heavy atom. The highest BCUT2D eigenvalue weighted by Crippen LogP contribution is 2.46. The Kier molecular flexibility index (Phi) is 10.3. The fraction of sp³-hybridized carbons (Fsp3) is 0.537. The highest BCUT2D eigenvalue weighted by atomic mass is 32.2. The van der Waals surface area contributed by atoms with Crippen LogP contribution in [-0.4, -0.2) is 83.2 Å². The standard InChI is InChI=1S/C41H51N5O8S/c1-24-12-6-7-13-26-22-41(26,38(49)45-55(51,52)28-18-19-28)44-35(47)33-21-27(23-46(33)37(48)34(25(2)20-24)43-39(50)54-40(3,4)5)53-36-31-16-9-8-14-29(31)30-15-10-11-17-32(30)42-36/h7-11,13-17,24-28,33-34H,6,12,18-23H2,1-5H3,(H,43,50)(H,44,47)(H,45,49)/b13-7-/t24-,25-,26-,27-,33?,34+,41-/m1/s1. The molecular weight excluding hydrogens is 723 g/mol. The van der Waals surface area contributed by atoms with Gasteiger partial charge in [0.1, 0.15) is 29.3 Å². The molecular formula is C41H51N5O8S. The molecule has 3 heterocycles. The summed E-state index contributed by atoms with van der Waals surface area (Å²) in [5.74, 6) is -2.13. The van der Waals surface area contributed by atoms with Crippen LogP contribution in [0.2, 0.25) is 0 Å².